The lowest BCUT2D eigenvalue weighted by Gasteiger charge is -2.36. The van der Waals surface area contributed by atoms with E-state index >= 15 is 0 Å². The van der Waals surface area contributed by atoms with Gasteiger partial charge in [0.25, 0.3) is 0 Å². The lowest BCUT2D eigenvalue weighted by atomic mass is 9.80. The summed E-state index contributed by atoms with van der Waals surface area (Å²) in [6.45, 7) is 4.36. The summed E-state index contributed by atoms with van der Waals surface area (Å²) in [7, 11) is 0. The molecule has 18 heavy (non-hydrogen) atoms. The second-order valence-electron chi connectivity index (χ2n) is 5.59. The van der Waals surface area contributed by atoms with Gasteiger partial charge in [-0.25, -0.2) is 0 Å². The van der Waals surface area contributed by atoms with Crippen LogP contribution in [0.3, 0.4) is 0 Å². The molecule has 0 heterocycles. The van der Waals surface area contributed by atoms with Gasteiger partial charge in [-0.3, -0.25) is 0 Å². The maximum atomic E-state index is 6.51. The predicted molar refractivity (Wildman–Crippen MR) is 78.9 cm³/mol. The third kappa shape index (κ3) is 3.49. The number of rotatable bonds is 5. The average Bonchev–Trinajstić information content (AvgIpc) is 2.41. The first-order valence-electron chi connectivity index (χ1n) is 7.32. The third-order valence-electron chi connectivity index (χ3n) is 4.23. The monoisotopic (exact) mass is 246 g/mol. The van der Waals surface area contributed by atoms with Crippen molar-refractivity contribution in [3.8, 4) is 0 Å². The van der Waals surface area contributed by atoms with Gasteiger partial charge in [0, 0.05) is 24.3 Å². The van der Waals surface area contributed by atoms with Crippen LogP contribution in [0.1, 0.15) is 45.4 Å². The number of hydrogen-bond acceptors (Lipinski definition) is 2. The molecule has 0 amide bonds. The molecule has 0 unspecified atom stereocenters. The highest BCUT2D eigenvalue weighted by Gasteiger charge is 2.27. The van der Waals surface area contributed by atoms with Gasteiger partial charge in [-0.2, -0.15) is 0 Å². The maximum absolute atomic E-state index is 6.51. The summed E-state index contributed by atoms with van der Waals surface area (Å²) in [5.41, 5.74) is 7.93. The van der Waals surface area contributed by atoms with Crippen molar-refractivity contribution in [1.82, 2.24) is 0 Å². The molecule has 2 nitrogen and oxygen atoms in total. The SMILES string of the molecule is CCN(CCC1(N)CCCCC1)c1ccccc1. The molecule has 0 saturated heterocycles. The van der Waals surface area contributed by atoms with Gasteiger partial charge in [0.05, 0.1) is 0 Å². The fourth-order valence-electron chi connectivity index (χ4n) is 2.97. The molecule has 1 saturated carbocycles. The zero-order valence-electron chi connectivity index (χ0n) is 11.6. The fourth-order valence-corrected chi connectivity index (χ4v) is 2.97. The first-order chi connectivity index (χ1) is 8.73. The Bertz CT molecular complexity index is 341. The van der Waals surface area contributed by atoms with Gasteiger partial charge < -0.3 is 10.6 Å². The summed E-state index contributed by atoms with van der Waals surface area (Å²) in [6, 6.07) is 10.7. The van der Waals surface area contributed by atoms with Gasteiger partial charge >= 0.3 is 0 Å². The lowest BCUT2D eigenvalue weighted by molar-refractivity contribution is 0.280. The Morgan fingerprint density at radius 2 is 1.78 bits per heavy atom. The molecule has 0 aromatic heterocycles. The molecular weight excluding hydrogens is 220 g/mol. The van der Waals surface area contributed by atoms with Crippen molar-refractivity contribution in [3.63, 3.8) is 0 Å². The van der Waals surface area contributed by atoms with E-state index in [1.165, 1.54) is 37.8 Å². The zero-order chi connectivity index (χ0) is 12.8. The summed E-state index contributed by atoms with van der Waals surface area (Å²) in [4.78, 5) is 2.43. The van der Waals surface area contributed by atoms with E-state index in [-0.39, 0.29) is 5.54 Å². The molecule has 2 N–H and O–H groups in total. The molecule has 100 valence electrons. The van der Waals surface area contributed by atoms with Gasteiger partial charge in [0.2, 0.25) is 0 Å². The summed E-state index contributed by atoms with van der Waals surface area (Å²) in [5.74, 6) is 0. The summed E-state index contributed by atoms with van der Waals surface area (Å²) in [6.07, 6.45) is 7.53. The minimum atomic E-state index is 0.0977. The van der Waals surface area contributed by atoms with Crippen LogP contribution in [0.25, 0.3) is 0 Å². The van der Waals surface area contributed by atoms with Crippen LogP contribution in [0.5, 0.6) is 0 Å². The molecule has 1 aromatic rings. The fraction of sp³-hybridized carbons (Fsp3) is 0.625. The van der Waals surface area contributed by atoms with Crippen molar-refractivity contribution in [2.24, 2.45) is 5.73 Å². The van der Waals surface area contributed by atoms with Crippen molar-refractivity contribution >= 4 is 5.69 Å². The van der Waals surface area contributed by atoms with Crippen molar-refractivity contribution < 1.29 is 0 Å². The van der Waals surface area contributed by atoms with E-state index in [4.69, 9.17) is 5.73 Å². The van der Waals surface area contributed by atoms with E-state index in [0.29, 0.717) is 0 Å². The molecule has 0 aliphatic heterocycles. The number of benzene rings is 1. The van der Waals surface area contributed by atoms with Crippen LogP contribution in [0, 0.1) is 0 Å². The van der Waals surface area contributed by atoms with Crippen molar-refractivity contribution in [3.05, 3.63) is 30.3 Å². The average molecular weight is 246 g/mol. The second kappa shape index (κ2) is 6.24. The van der Waals surface area contributed by atoms with Gasteiger partial charge in [-0.05, 0) is 38.3 Å². The topological polar surface area (TPSA) is 29.3 Å². The predicted octanol–water partition coefficient (Wildman–Crippen LogP) is 3.56. The molecular formula is C16H26N2. The zero-order valence-corrected chi connectivity index (χ0v) is 11.6. The largest absolute Gasteiger partial charge is 0.372 e. The Hall–Kier alpha value is -1.02. The molecule has 0 atom stereocenters. The smallest absolute Gasteiger partial charge is 0.0366 e. The van der Waals surface area contributed by atoms with Crippen LogP contribution >= 0.6 is 0 Å². The number of nitrogens with two attached hydrogens (primary N) is 1. The van der Waals surface area contributed by atoms with Crippen LogP contribution in [0.2, 0.25) is 0 Å². The minimum absolute atomic E-state index is 0.0977. The lowest BCUT2D eigenvalue weighted by Crippen LogP contribution is -2.44. The molecule has 0 radical (unpaired) electrons. The van der Waals surface area contributed by atoms with Gasteiger partial charge in [-0.1, -0.05) is 37.5 Å². The van der Waals surface area contributed by atoms with Crippen LogP contribution in [0.4, 0.5) is 5.69 Å². The Morgan fingerprint density at radius 1 is 1.11 bits per heavy atom. The van der Waals surface area contributed by atoms with E-state index in [9.17, 15) is 0 Å². The molecule has 0 bridgehead atoms. The van der Waals surface area contributed by atoms with Crippen LogP contribution in [-0.4, -0.2) is 18.6 Å². The Kier molecular flexibility index (Phi) is 4.65. The highest BCUT2D eigenvalue weighted by molar-refractivity contribution is 5.45. The first kappa shape index (κ1) is 13.4. The molecule has 1 aromatic carbocycles. The summed E-state index contributed by atoms with van der Waals surface area (Å²) >= 11 is 0. The van der Waals surface area contributed by atoms with Crippen molar-refractivity contribution in [1.29, 1.82) is 0 Å². The van der Waals surface area contributed by atoms with Gasteiger partial charge in [-0.15, -0.1) is 0 Å². The molecule has 2 rings (SSSR count). The molecule has 1 fully saturated rings. The molecule has 1 aliphatic carbocycles. The van der Waals surface area contributed by atoms with Crippen molar-refractivity contribution in [2.45, 2.75) is 51.0 Å². The highest BCUT2D eigenvalue weighted by atomic mass is 15.1. The Morgan fingerprint density at radius 3 is 2.39 bits per heavy atom. The minimum Gasteiger partial charge on any atom is -0.372 e. The van der Waals surface area contributed by atoms with E-state index in [1.54, 1.807) is 0 Å². The molecule has 2 heteroatoms. The Balaban J connectivity index is 1.91. The number of hydrogen-bond donors (Lipinski definition) is 1. The van der Waals surface area contributed by atoms with Crippen molar-refractivity contribution in [2.75, 3.05) is 18.0 Å². The molecule has 0 spiro atoms. The first-order valence-corrected chi connectivity index (χ1v) is 7.32. The van der Waals surface area contributed by atoms with Crippen LogP contribution < -0.4 is 10.6 Å². The normalized spacial score (nSPS) is 18.6. The molecule has 1 aliphatic rings. The third-order valence-corrected chi connectivity index (χ3v) is 4.23. The number of para-hydroxylation sites is 1. The van der Waals surface area contributed by atoms with Gasteiger partial charge in [0.15, 0.2) is 0 Å². The number of nitrogens with zero attached hydrogens (tertiary/aromatic N) is 1. The maximum Gasteiger partial charge on any atom is 0.0366 e. The quantitative estimate of drug-likeness (QED) is 0.860. The van der Waals surface area contributed by atoms with E-state index < -0.39 is 0 Å². The standard InChI is InChI=1S/C16H26N2/c1-2-18(15-9-5-3-6-10-15)14-13-16(17)11-7-4-8-12-16/h3,5-6,9-10H,2,4,7-8,11-14,17H2,1H3. The van der Waals surface area contributed by atoms with Gasteiger partial charge in [0.1, 0.15) is 0 Å². The second-order valence-corrected chi connectivity index (χ2v) is 5.59. The Labute approximate surface area is 111 Å². The van der Waals surface area contributed by atoms with Crippen LogP contribution in [-0.2, 0) is 0 Å². The summed E-state index contributed by atoms with van der Waals surface area (Å²) in [5, 5.41) is 0. The van der Waals surface area contributed by atoms with E-state index in [2.05, 4.69) is 42.2 Å². The summed E-state index contributed by atoms with van der Waals surface area (Å²) < 4.78 is 0. The highest BCUT2D eigenvalue weighted by Crippen LogP contribution is 2.29. The number of anilines is 1. The van der Waals surface area contributed by atoms with E-state index in [1.807, 2.05) is 0 Å². The van der Waals surface area contributed by atoms with E-state index in [0.717, 1.165) is 19.5 Å². The van der Waals surface area contributed by atoms with Crippen LogP contribution in [0.15, 0.2) is 30.3 Å².